The van der Waals surface area contributed by atoms with Gasteiger partial charge < -0.3 is 19.9 Å². The highest BCUT2D eigenvalue weighted by Crippen LogP contribution is 2.17. The minimum atomic E-state index is 0. The van der Waals surface area contributed by atoms with Gasteiger partial charge in [0, 0.05) is 32.1 Å². The van der Waals surface area contributed by atoms with E-state index >= 15 is 0 Å². The highest BCUT2D eigenvalue weighted by Gasteiger charge is 2.15. The number of ether oxygens (including phenoxy) is 1. The van der Waals surface area contributed by atoms with Crippen LogP contribution < -0.4 is 15.4 Å². The molecule has 2 heterocycles. The molecule has 0 spiro atoms. The van der Waals surface area contributed by atoms with Crippen molar-refractivity contribution in [3.05, 3.63) is 54.1 Å². The fourth-order valence-electron chi connectivity index (χ4n) is 3.00. The van der Waals surface area contributed by atoms with Gasteiger partial charge in [0.1, 0.15) is 18.2 Å². The second-order valence-electron chi connectivity index (χ2n) is 6.13. The van der Waals surface area contributed by atoms with E-state index in [4.69, 9.17) is 4.74 Å². The molecule has 1 aromatic carbocycles. The predicted octanol–water partition coefficient (Wildman–Crippen LogP) is 2.66. The molecule has 0 atom stereocenters. The number of halogens is 1. The van der Waals surface area contributed by atoms with Gasteiger partial charge in [-0.05, 0) is 18.9 Å². The number of nitrogens with one attached hydrogen (secondary N) is 2. The molecular formula is C19H27IN6O. The topological polar surface area (TPSA) is 76.4 Å². The Labute approximate surface area is 177 Å². The van der Waals surface area contributed by atoms with Crippen molar-refractivity contribution in [1.82, 2.24) is 25.4 Å². The fraction of sp³-hybridized carbons (Fsp3) is 0.421. The Kier molecular flexibility index (Phi) is 8.56. The maximum atomic E-state index is 5.69. The van der Waals surface area contributed by atoms with Crippen LogP contribution in [0.25, 0.3) is 0 Å². The highest BCUT2D eigenvalue weighted by atomic mass is 127. The van der Waals surface area contributed by atoms with E-state index in [0.717, 1.165) is 41.9 Å². The Hall–Kier alpha value is -2.10. The lowest BCUT2D eigenvalue weighted by atomic mass is 10.2. The number of aliphatic imine (C=N–C) groups is 1. The lowest BCUT2D eigenvalue weighted by Gasteiger charge is -2.16. The van der Waals surface area contributed by atoms with Gasteiger partial charge in [0.05, 0.1) is 6.54 Å². The SMILES string of the molecule is C=CCOc1ccccc1CNC(=NC)NCc1nnc2n1CCCC2.I. The van der Waals surface area contributed by atoms with Gasteiger partial charge in [0.25, 0.3) is 0 Å². The van der Waals surface area contributed by atoms with Crippen molar-refractivity contribution in [2.45, 2.75) is 38.9 Å². The van der Waals surface area contributed by atoms with Crippen LogP contribution in [-0.4, -0.2) is 34.4 Å². The molecule has 1 aromatic heterocycles. The third-order valence-corrected chi connectivity index (χ3v) is 4.35. The summed E-state index contributed by atoms with van der Waals surface area (Å²) in [6, 6.07) is 7.95. The van der Waals surface area contributed by atoms with Crippen LogP contribution in [-0.2, 0) is 26.1 Å². The molecule has 2 N–H and O–H groups in total. The Morgan fingerprint density at radius 3 is 2.89 bits per heavy atom. The number of fused-ring (bicyclic) bond motifs is 1. The highest BCUT2D eigenvalue weighted by molar-refractivity contribution is 14.0. The molecule has 0 unspecified atom stereocenters. The van der Waals surface area contributed by atoms with Crippen molar-refractivity contribution in [3.63, 3.8) is 0 Å². The van der Waals surface area contributed by atoms with Crippen molar-refractivity contribution >= 4 is 29.9 Å². The monoisotopic (exact) mass is 482 g/mol. The molecule has 0 radical (unpaired) electrons. The third-order valence-electron chi connectivity index (χ3n) is 4.35. The normalized spacial score (nSPS) is 13.3. The van der Waals surface area contributed by atoms with E-state index in [1.165, 1.54) is 12.8 Å². The average Bonchev–Trinajstić information content (AvgIpc) is 3.10. The van der Waals surface area contributed by atoms with Crippen LogP contribution in [0.15, 0.2) is 41.9 Å². The molecule has 1 aliphatic rings. The summed E-state index contributed by atoms with van der Waals surface area (Å²) >= 11 is 0. The van der Waals surface area contributed by atoms with Crippen molar-refractivity contribution < 1.29 is 4.74 Å². The van der Waals surface area contributed by atoms with Crippen molar-refractivity contribution in [2.24, 2.45) is 4.99 Å². The standard InChI is InChI=1S/C19H26N6O.HI/c1-3-12-26-16-9-5-4-8-15(16)13-21-19(20-2)22-14-18-24-23-17-10-6-7-11-25(17)18;/h3-5,8-9H,1,6-7,10-14H2,2H3,(H2,20,21,22);1H. The second kappa shape index (κ2) is 10.9. The van der Waals surface area contributed by atoms with E-state index in [-0.39, 0.29) is 24.0 Å². The van der Waals surface area contributed by atoms with Crippen molar-refractivity contribution in [1.29, 1.82) is 0 Å². The van der Waals surface area contributed by atoms with Crippen molar-refractivity contribution in [2.75, 3.05) is 13.7 Å². The number of benzene rings is 1. The van der Waals surface area contributed by atoms with E-state index in [0.29, 0.717) is 19.7 Å². The number of aryl methyl sites for hydroxylation is 1. The molecule has 1 aliphatic heterocycles. The molecule has 7 nitrogen and oxygen atoms in total. The van der Waals surface area contributed by atoms with Gasteiger partial charge in [-0.15, -0.1) is 34.2 Å². The number of rotatable bonds is 7. The van der Waals surface area contributed by atoms with Gasteiger partial charge in [-0.3, -0.25) is 4.99 Å². The van der Waals surface area contributed by atoms with Gasteiger partial charge in [-0.2, -0.15) is 0 Å². The number of hydrogen-bond donors (Lipinski definition) is 2. The lowest BCUT2D eigenvalue weighted by Crippen LogP contribution is -2.37. The number of hydrogen-bond acceptors (Lipinski definition) is 4. The van der Waals surface area contributed by atoms with Crippen LogP contribution >= 0.6 is 24.0 Å². The predicted molar refractivity (Wildman–Crippen MR) is 118 cm³/mol. The summed E-state index contributed by atoms with van der Waals surface area (Å²) in [6.07, 6.45) is 5.14. The molecule has 0 saturated carbocycles. The largest absolute Gasteiger partial charge is 0.489 e. The molecule has 3 rings (SSSR count). The van der Waals surface area contributed by atoms with E-state index in [2.05, 4.69) is 37.0 Å². The minimum absolute atomic E-state index is 0. The number of para-hydroxylation sites is 1. The van der Waals surface area contributed by atoms with E-state index in [9.17, 15) is 0 Å². The maximum Gasteiger partial charge on any atom is 0.191 e. The van der Waals surface area contributed by atoms with Crippen LogP contribution in [0.4, 0.5) is 0 Å². The molecule has 27 heavy (non-hydrogen) atoms. The summed E-state index contributed by atoms with van der Waals surface area (Å²) in [5.41, 5.74) is 1.07. The molecule has 0 bridgehead atoms. The Morgan fingerprint density at radius 1 is 1.26 bits per heavy atom. The van der Waals surface area contributed by atoms with Crippen LogP contribution in [0.3, 0.4) is 0 Å². The summed E-state index contributed by atoms with van der Waals surface area (Å²) in [6.45, 7) is 6.39. The van der Waals surface area contributed by atoms with E-state index < -0.39 is 0 Å². The van der Waals surface area contributed by atoms with Crippen LogP contribution in [0.5, 0.6) is 5.75 Å². The summed E-state index contributed by atoms with van der Waals surface area (Å²) in [5.74, 6) is 3.61. The summed E-state index contributed by atoms with van der Waals surface area (Å²) < 4.78 is 7.90. The number of aromatic nitrogens is 3. The van der Waals surface area contributed by atoms with Gasteiger partial charge in [0.2, 0.25) is 0 Å². The van der Waals surface area contributed by atoms with Crippen LogP contribution in [0.1, 0.15) is 30.1 Å². The first kappa shape index (κ1) is 21.2. The Balaban J connectivity index is 0.00000261. The van der Waals surface area contributed by atoms with Gasteiger partial charge in [-0.1, -0.05) is 30.9 Å². The zero-order chi connectivity index (χ0) is 18.2. The molecule has 2 aromatic rings. The first-order valence-electron chi connectivity index (χ1n) is 8.99. The summed E-state index contributed by atoms with van der Waals surface area (Å²) in [5, 5.41) is 15.2. The molecule has 146 valence electrons. The molecule has 8 heteroatoms. The second-order valence-corrected chi connectivity index (χ2v) is 6.13. The molecular weight excluding hydrogens is 455 g/mol. The first-order chi connectivity index (χ1) is 12.8. The smallest absolute Gasteiger partial charge is 0.191 e. The summed E-state index contributed by atoms with van der Waals surface area (Å²) in [7, 11) is 1.76. The number of nitrogens with zero attached hydrogens (tertiary/aromatic N) is 4. The molecule has 0 saturated heterocycles. The average molecular weight is 482 g/mol. The maximum absolute atomic E-state index is 5.69. The minimum Gasteiger partial charge on any atom is -0.489 e. The third kappa shape index (κ3) is 5.69. The zero-order valence-corrected chi connectivity index (χ0v) is 18.0. The number of guanidine groups is 1. The van der Waals surface area contributed by atoms with Crippen LogP contribution in [0.2, 0.25) is 0 Å². The molecule has 0 fully saturated rings. The molecule has 0 amide bonds. The Bertz CT molecular complexity index is 773. The Morgan fingerprint density at radius 2 is 2.07 bits per heavy atom. The van der Waals surface area contributed by atoms with Gasteiger partial charge in [-0.25, -0.2) is 0 Å². The van der Waals surface area contributed by atoms with E-state index in [1.54, 1.807) is 13.1 Å². The summed E-state index contributed by atoms with van der Waals surface area (Å²) in [4.78, 5) is 4.29. The van der Waals surface area contributed by atoms with E-state index in [1.807, 2.05) is 24.3 Å². The van der Waals surface area contributed by atoms with Gasteiger partial charge >= 0.3 is 0 Å². The fourth-order valence-corrected chi connectivity index (χ4v) is 3.00. The van der Waals surface area contributed by atoms with Crippen LogP contribution in [0, 0.1) is 0 Å². The van der Waals surface area contributed by atoms with Gasteiger partial charge in [0.15, 0.2) is 11.8 Å². The van der Waals surface area contributed by atoms with Crippen molar-refractivity contribution in [3.8, 4) is 5.75 Å². The first-order valence-corrected chi connectivity index (χ1v) is 8.99. The quantitative estimate of drug-likeness (QED) is 0.275. The zero-order valence-electron chi connectivity index (χ0n) is 15.6. The molecule has 0 aliphatic carbocycles. The lowest BCUT2D eigenvalue weighted by molar-refractivity contribution is 0.358.